The normalized spacial score (nSPS) is 19.4. The van der Waals surface area contributed by atoms with Crippen LogP contribution in [0.1, 0.15) is 27.2 Å². The van der Waals surface area contributed by atoms with Gasteiger partial charge in [0.15, 0.2) is 5.60 Å². The largest absolute Gasteiger partial charge is 0.498 e. The highest BCUT2D eigenvalue weighted by Crippen LogP contribution is 2.27. The molecule has 0 saturated carbocycles. The van der Waals surface area contributed by atoms with E-state index in [1.165, 1.54) is 0 Å². The molecule has 0 aromatic heterocycles. The first-order valence-corrected chi connectivity index (χ1v) is 9.89. The predicted molar refractivity (Wildman–Crippen MR) is 114 cm³/mol. The third-order valence-corrected chi connectivity index (χ3v) is 4.64. The van der Waals surface area contributed by atoms with Crippen LogP contribution < -0.4 is 4.74 Å². The lowest BCUT2D eigenvalue weighted by atomic mass is 9.93. The van der Waals surface area contributed by atoms with Crippen molar-refractivity contribution in [1.29, 1.82) is 0 Å². The van der Waals surface area contributed by atoms with Crippen molar-refractivity contribution < 1.29 is 14.2 Å². The van der Waals surface area contributed by atoms with Gasteiger partial charge in [-0.1, -0.05) is 30.0 Å². The molecule has 0 radical (unpaired) electrons. The standard InChI is InChI=1S/C22H25IO3/c1-4-24-19-9-8-14-22(17-19,26-5-2)15-12-18(3)13-16-25-21-11-7-6-10-20(21)23/h6-11,13-14H,4-5,16-17H2,1-3H3. The fourth-order valence-corrected chi connectivity index (χ4v) is 3.07. The van der Waals surface area contributed by atoms with Gasteiger partial charge in [0.1, 0.15) is 18.1 Å². The molecule has 0 heterocycles. The van der Waals surface area contributed by atoms with Crippen molar-refractivity contribution >= 4 is 22.6 Å². The van der Waals surface area contributed by atoms with Gasteiger partial charge in [0.25, 0.3) is 0 Å². The van der Waals surface area contributed by atoms with Crippen molar-refractivity contribution in [1.82, 2.24) is 0 Å². The Morgan fingerprint density at radius 3 is 2.77 bits per heavy atom. The molecule has 0 amide bonds. The Morgan fingerprint density at radius 1 is 1.23 bits per heavy atom. The zero-order valence-electron chi connectivity index (χ0n) is 15.5. The molecule has 138 valence electrons. The number of hydrogen-bond donors (Lipinski definition) is 0. The van der Waals surface area contributed by atoms with Crippen molar-refractivity contribution in [3.8, 4) is 17.6 Å². The Hall–Kier alpha value is -1.71. The summed E-state index contributed by atoms with van der Waals surface area (Å²) in [7, 11) is 0. The van der Waals surface area contributed by atoms with Crippen molar-refractivity contribution in [3.05, 3.63) is 63.5 Å². The maximum atomic E-state index is 5.95. The quantitative estimate of drug-likeness (QED) is 0.406. The average molecular weight is 464 g/mol. The van der Waals surface area contributed by atoms with Crippen LogP contribution in [0.4, 0.5) is 0 Å². The van der Waals surface area contributed by atoms with E-state index in [4.69, 9.17) is 14.2 Å². The molecule has 0 fully saturated rings. The number of rotatable bonds is 7. The van der Waals surface area contributed by atoms with Crippen LogP contribution in [-0.4, -0.2) is 25.4 Å². The second-order valence-corrected chi connectivity index (χ2v) is 6.97. The van der Waals surface area contributed by atoms with Crippen LogP contribution in [0.3, 0.4) is 0 Å². The maximum Gasteiger partial charge on any atom is 0.154 e. The molecular formula is C22H25IO3. The Labute approximate surface area is 170 Å². The number of para-hydroxylation sites is 1. The number of halogens is 1. The molecule has 1 unspecified atom stereocenters. The number of ether oxygens (including phenoxy) is 3. The second-order valence-electron chi connectivity index (χ2n) is 5.80. The van der Waals surface area contributed by atoms with Crippen molar-refractivity contribution in [2.24, 2.45) is 0 Å². The van der Waals surface area contributed by atoms with Crippen molar-refractivity contribution in [2.75, 3.05) is 19.8 Å². The molecule has 0 spiro atoms. The van der Waals surface area contributed by atoms with E-state index >= 15 is 0 Å². The lowest BCUT2D eigenvalue weighted by Gasteiger charge is -2.28. The van der Waals surface area contributed by atoms with Crippen LogP contribution >= 0.6 is 22.6 Å². The first-order valence-electron chi connectivity index (χ1n) is 8.81. The van der Waals surface area contributed by atoms with Gasteiger partial charge in [0, 0.05) is 13.0 Å². The fourth-order valence-electron chi connectivity index (χ4n) is 2.52. The Bertz CT molecular complexity index is 752. The maximum absolute atomic E-state index is 5.95. The number of allylic oxidation sites excluding steroid dienone is 3. The summed E-state index contributed by atoms with van der Waals surface area (Å²) in [5.74, 6) is 8.28. The SMILES string of the molecule is CCOC1=CC=CC(C#CC(C)=CCOc2ccccc2I)(OCC)C1. The molecule has 1 atom stereocenters. The number of benzene rings is 1. The monoisotopic (exact) mass is 464 g/mol. The van der Waals surface area contributed by atoms with Gasteiger partial charge in [-0.3, -0.25) is 0 Å². The minimum absolute atomic E-state index is 0.488. The topological polar surface area (TPSA) is 27.7 Å². The lowest BCUT2D eigenvalue weighted by molar-refractivity contribution is 0.0301. The van der Waals surface area contributed by atoms with Crippen molar-refractivity contribution in [2.45, 2.75) is 32.8 Å². The molecule has 1 aromatic carbocycles. The number of hydrogen-bond acceptors (Lipinski definition) is 3. The highest BCUT2D eigenvalue weighted by atomic mass is 127. The van der Waals surface area contributed by atoms with E-state index in [-0.39, 0.29) is 0 Å². The lowest BCUT2D eigenvalue weighted by Crippen LogP contribution is -2.31. The van der Waals surface area contributed by atoms with E-state index in [1.54, 1.807) is 0 Å². The summed E-state index contributed by atoms with van der Waals surface area (Å²) in [6.07, 6.45) is 8.55. The van der Waals surface area contributed by atoms with Crippen LogP contribution in [0.15, 0.2) is 59.9 Å². The summed E-state index contributed by atoms with van der Waals surface area (Å²) >= 11 is 2.27. The minimum atomic E-state index is -0.626. The first-order chi connectivity index (χ1) is 12.6. The minimum Gasteiger partial charge on any atom is -0.498 e. The van der Waals surface area contributed by atoms with Gasteiger partial charge < -0.3 is 14.2 Å². The Kier molecular flexibility index (Phi) is 8.27. The highest BCUT2D eigenvalue weighted by Gasteiger charge is 2.29. The third-order valence-electron chi connectivity index (χ3n) is 3.75. The van der Waals surface area contributed by atoms with Gasteiger partial charge in [-0.2, -0.15) is 0 Å². The van der Waals surface area contributed by atoms with Gasteiger partial charge in [0.05, 0.1) is 10.2 Å². The molecule has 1 aliphatic carbocycles. The van der Waals surface area contributed by atoms with E-state index in [0.29, 0.717) is 26.2 Å². The van der Waals surface area contributed by atoms with Crippen molar-refractivity contribution in [3.63, 3.8) is 0 Å². The molecule has 26 heavy (non-hydrogen) atoms. The van der Waals surface area contributed by atoms with Crippen LogP contribution in [0.25, 0.3) is 0 Å². The molecule has 1 aromatic rings. The van der Waals surface area contributed by atoms with Gasteiger partial charge in [-0.15, -0.1) is 0 Å². The molecular weight excluding hydrogens is 439 g/mol. The van der Waals surface area contributed by atoms with Crippen LogP contribution in [0, 0.1) is 15.4 Å². The predicted octanol–water partition coefficient (Wildman–Crippen LogP) is 5.28. The summed E-state index contributed by atoms with van der Waals surface area (Å²) in [6.45, 7) is 7.67. The molecule has 4 heteroatoms. The summed E-state index contributed by atoms with van der Waals surface area (Å²) < 4.78 is 18.5. The second kappa shape index (κ2) is 10.4. The van der Waals surface area contributed by atoms with Crippen LogP contribution in [0.2, 0.25) is 0 Å². The third kappa shape index (κ3) is 6.22. The van der Waals surface area contributed by atoms with E-state index in [0.717, 1.165) is 20.7 Å². The summed E-state index contributed by atoms with van der Waals surface area (Å²) in [5, 5.41) is 0. The summed E-state index contributed by atoms with van der Waals surface area (Å²) in [4.78, 5) is 0. The zero-order chi connectivity index (χ0) is 18.8. The molecule has 0 N–H and O–H groups in total. The van der Waals surface area contributed by atoms with Gasteiger partial charge >= 0.3 is 0 Å². The van der Waals surface area contributed by atoms with E-state index in [9.17, 15) is 0 Å². The molecule has 0 aliphatic heterocycles. The summed E-state index contributed by atoms with van der Waals surface area (Å²) in [6, 6.07) is 7.96. The van der Waals surface area contributed by atoms with Gasteiger partial charge in [-0.05, 0) is 79.3 Å². The van der Waals surface area contributed by atoms with Gasteiger partial charge in [-0.25, -0.2) is 0 Å². The van der Waals surface area contributed by atoms with Gasteiger partial charge in [0.2, 0.25) is 0 Å². The van der Waals surface area contributed by atoms with E-state index in [1.807, 2.05) is 69.3 Å². The van der Waals surface area contributed by atoms with E-state index in [2.05, 4.69) is 34.4 Å². The van der Waals surface area contributed by atoms with Crippen LogP contribution in [-0.2, 0) is 9.47 Å². The van der Waals surface area contributed by atoms with Crippen LogP contribution in [0.5, 0.6) is 5.75 Å². The first kappa shape index (κ1) is 20.6. The summed E-state index contributed by atoms with van der Waals surface area (Å²) in [5.41, 5.74) is 0.328. The molecule has 3 nitrogen and oxygen atoms in total. The molecule has 2 rings (SSSR count). The fraction of sp³-hybridized carbons (Fsp3) is 0.364. The zero-order valence-corrected chi connectivity index (χ0v) is 17.7. The highest BCUT2D eigenvalue weighted by molar-refractivity contribution is 14.1. The molecule has 0 bridgehead atoms. The molecule has 0 saturated heterocycles. The Balaban J connectivity index is 2.03. The smallest absolute Gasteiger partial charge is 0.154 e. The molecule has 1 aliphatic rings. The Morgan fingerprint density at radius 2 is 2.04 bits per heavy atom. The average Bonchev–Trinajstić information content (AvgIpc) is 2.63. The van der Waals surface area contributed by atoms with E-state index < -0.39 is 5.60 Å².